The molecule has 0 fully saturated rings. The number of carbonyl (C=O) groups is 5. The number of aromatic hydroxyl groups is 1. The fourth-order valence-corrected chi connectivity index (χ4v) is 4.13. The van der Waals surface area contributed by atoms with Gasteiger partial charge >= 0.3 is 17.9 Å². The number of carbonyl (C=O) groups excluding carboxylic acids is 5. The van der Waals surface area contributed by atoms with E-state index < -0.39 is 30.0 Å². The molecule has 0 spiro atoms. The van der Waals surface area contributed by atoms with Crippen molar-refractivity contribution in [1.29, 1.82) is 0 Å². The largest absolute Gasteiger partial charge is 0.508 e. The predicted octanol–water partition coefficient (Wildman–Crippen LogP) is 2.36. The van der Waals surface area contributed by atoms with Crippen molar-refractivity contribution < 1.29 is 52.8 Å². The van der Waals surface area contributed by atoms with Crippen LogP contribution < -0.4 is 24.0 Å². The van der Waals surface area contributed by atoms with Gasteiger partial charge in [0.05, 0.1) is 24.6 Å². The van der Waals surface area contributed by atoms with E-state index in [4.69, 9.17) is 23.7 Å². The number of phenols is 1. The number of rotatable bonds is 7. The molecule has 1 N–H and O–H groups in total. The first-order chi connectivity index (χ1) is 19.5. The highest BCUT2D eigenvalue weighted by atomic mass is 16.5. The van der Waals surface area contributed by atoms with Crippen molar-refractivity contribution in [3.05, 3.63) is 36.4 Å². The van der Waals surface area contributed by atoms with Gasteiger partial charge in [-0.25, -0.2) is 9.59 Å². The summed E-state index contributed by atoms with van der Waals surface area (Å²) in [7, 11) is 0. The normalized spacial score (nSPS) is 15.0. The summed E-state index contributed by atoms with van der Waals surface area (Å²) < 4.78 is 25.5. The minimum atomic E-state index is -0.803. The third kappa shape index (κ3) is 7.24. The Bertz CT molecular complexity index is 1330. The van der Waals surface area contributed by atoms with E-state index in [1.165, 1.54) is 34.9 Å². The molecule has 13 nitrogen and oxygen atoms in total. The molecule has 2 aliphatic heterocycles. The van der Waals surface area contributed by atoms with Crippen LogP contribution in [0.15, 0.2) is 36.4 Å². The molecule has 2 aromatic rings. The molecular weight excluding hydrogens is 540 g/mol. The Hall–Kier alpha value is -4.81. The van der Waals surface area contributed by atoms with E-state index in [9.17, 15) is 29.1 Å². The summed E-state index contributed by atoms with van der Waals surface area (Å²) in [6, 6.07) is 7.48. The fraction of sp³-hybridized carbons (Fsp3) is 0.393. The molecule has 41 heavy (non-hydrogen) atoms. The van der Waals surface area contributed by atoms with Crippen LogP contribution in [0.2, 0.25) is 0 Å². The van der Waals surface area contributed by atoms with Crippen LogP contribution in [0.1, 0.15) is 34.6 Å². The van der Waals surface area contributed by atoms with Crippen LogP contribution in [0, 0.1) is 0 Å². The standard InChI is InChI=1S/C15H17NO6.C13H15NO5/c1-4-20-15(19)9(2)16-12-7-11(22-10(3)17)5-6-13(12)21-8-14(16)18;1-3-18-13(17)8(2)14-10-6-9(15)4-5-11(10)19-7-12(14)16/h5-7,9H,4,8H2,1-3H3;4-6,8,15H,3,7H2,1-2H3. The lowest BCUT2D eigenvalue weighted by Gasteiger charge is -2.32. The molecule has 220 valence electrons. The van der Waals surface area contributed by atoms with Gasteiger partial charge in [0.25, 0.3) is 11.8 Å². The molecule has 0 saturated heterocycles. The van der Waals surface area contributed by atoms with Gasteiger partial charge in [0.2, 0.25) is 0 Å². The van der Waals surface area contributed by atoms with E-state index in [-0.39, 0.29) is 49.7 Å². The van der Waals surface area contributed by atoms with Gasteiger partial charge in [-0.15, -0.1) is 0 Å². The second-order valence-electron chi connectivity index (χ2n) is 8.84. The molecule has 2 aliphatic rings. The summed E-state index contributed by atoms with van der Waals surface area (Å²) in [5.74, 6) is -1.04. The average Bonchev–Trinajstić information content (AvgIpc) is 2.92. The maximum absolute atomic E-state index is 12.1. The Labute approximate surface area is 236 Å². The topological polar surface area (TPSA) is 158 Å². The van der Waals surface area contributed by atoms with E-state index in [1.807, 2.05) is 0 Å². The number of esters is 3. The number of phenolic OH excluding ortho intramolecular Hbond substituents is 1. The predicted molar refractivity (Wildman–Crippen MR) is 144 cm³/mol. The van der Waals surface area contributed by atoms with Crippen LogP contribution in [0.5, 0.6) is 23.0 Å². The molecule has 2 heterocycles. The monoisotopic (exact) mass is 572 g/mol. The van der Waals surface area contributed by atoms with E-state index >= 15 is 0 Å². The van der Waals surface area contributed by atoms with Crippen LogP contribution in [0.3, 0.4) is 0 Å². The minimum absolute atomic E-state index is 0.00175. The second-order valence-corrected chi connectivity index (χ2v) is 8.84. The summed E-state index contributed by atoms with van der Waals surface area (Å²) in [5, 5.41) is 9.51. The lowest BCUT2D eigenvalue weighted by molar-refractivity contribution is -0.146. The van der Waals surface area contributed by atoms with Gasteiger partial charge in [-0.3, -0.25) is 24.2 Å². The molecule has 2 amide bonds. The Kier molecular flexibility index (Phi) is 10.1. The van der Waals surface area contributed by atoms with Gasteiger partial charge in [0, 0.05) is 19.1 Å². The summed E-state index contributed by atoms with van der Waals surface area (Å²) in [4.78, 5) is 61.4. The van der Waals surface area contributed by atoms with Crippen LogP contribution in [-0.4, -0.2) is 73.3 Å². The highest BCUT2D eigenvalue weighted by Crippen LogP contribution is 2.37. The zero-order valence-corrected chi connectivity index (χ0v) is 23.4. The molecule has 4 rings (SSSR count). The number of hydrogen-bond donors (Lipinski definition) is 1. The molecule has 0 bridgehead atoms. The van der Waals surface area contributed by atoms with E-state index in [0.717, 1.165) is 0 Å². The average molecular weight is 573 g/mol. The zero-order chi connectivity index (χ0) is 30.3. The Morgan fingerprint density at radius 2 is 1.29 bits per heavy atom. The smallest absolute Gasteiger partial charge is 0.328 e. The van der Waals surface area contributed by atoms with Crippen molar-refractivity contribution in [2.24, 2.45) is 0 Å². The maximum Gasteiger partial charge on any atom is 0.328 e. The van der Waals surface area contributed by atoms with Gasteiger partial charge < -0.3 is 28.8 Å². The van der Waals surface area contributed by atoms with E-state index in [0.29, 0.717) is 22.9 Å². The quantitative estimate of drug-likeness (QED) is 0.383. The Morgan fingerprint density at radius 3 is 1.76 bits per heavy atom. The van der Waals surface area contributed by atoms with Gasteiger partial charge in [0.15, 0.2) is 13.2 Å². The molecule has 2 aromatic carbocycles. The number of hydrogen-bond acceptors (Lipinski definition) is 11. The number of anilines is 2. The first-order valence-electron chi connectivity index (χ1n) is 12.9. The van der Waals surface area contributed by atoms with Crippen molar-refractivity contribution in [3.8, 4) is 23.0 Å². The molecule has 2 unspecified atom stereocenters. The number of ether oxygens (including phenoxy) is 5. The van der Waals surface area contributed by atoms with Gasteiger partial charge in [-0.2, -0.15) is 0 Å². The summed E-state index contributed by atoms with van der Waals surface area (Å²) >= 11 is 0. The van der Waals surface area contributed by atoms with Crippen molar-refractivity contribution in [2.75, 3.05) is 36.2 Å². The molecule has 13 heteroatoms. The van der Waals surface area contributed by atoms with E-state index in [2.05, 4.69) is 0 Å². The van der Waals surface area contributed by atoms with Gasteiger partial charge in [0.1, 0.15) is 35.1 Å². The fourth-order valence-electron chi connectivity index (χ4n) is 4.13. The Morgan fingerprint density at radius 1 is 0.829 bits per heavy atom. The van der Waals surface area contributed by atoms with Crippen molar-refractivity contribution in [2.45, 2.75) is 46.7 Å². The highest BCUT2D eigenvalue weighted by molar-refractivity contribution is 6.03. The van der Waals surface area contributed by atoms with Gasteiger partial charge in [-0.05, 0) is 52.0 Å². The van der Waals surface area contributed by atoms with Crippen molar-refractivity contribution in [1.82, 2.24) is 0 Å². The first kappa shape index (κ1) is 30.7. The maximum atomic E-state index is 12.1. The van der Waals surface area contributed by atoms with Gasteiger partial charge in [-0.1, -0.05) is 0 Å². The number of nitrogens with zero attached hydrogens (tertiary/aromatic N) is 2. The summed E-state index contributed by atoms with van der Waals surface area (Å²) in [6.45, 7) is 7.99. The lowest BCUT2D eigenvalue weighted by Crippen LogP contribution is -2.48. The molecule has 0 aliphatic carbocycles. The third-order valence-electron chi connectivity index (χ3n) is 5.92. The minimum Gasteiger partial charge on any atom is -0.508 e. The van der Waals surface area contributed by atoms with Crippen LogP contribution in [-0.2, 0) is 33.4 Å². The van der Waals surface area contributed by atoms with Crippen LogP contribution in [0.25, 0.3) is 0 Å². The summed E-state index contributed by atoms with van der Waals surface area (Å²) in [5.41, 5.74) is 0.743. The van der Waals surface area contributed by atoms with Crippen LogP contribution >= 0.6 is 0 Å². The van der Waals surface area contributed by atoms with E-state index in [1.54, 1.807) is 45.9 Å². The molecule has 0 aromatic heterocycles. The number of amides is 2. The summed E-state index contributed by atoms with van der Waals surface area (Å²) in [6.07, 6.45) is 0. The number of fused-ring (bicyclic) bond motifs is 2. The van der Waals surface area contributed by atoms with Crippen LogP contribution in [0.4, 0.5) is 11.4 Å². The number of benzene rings is 2. The Balaban J connectivity index is 0.000000228. The SMILES string of the molecule is CCOC(=O)C(C)N1C(=O)COc2ccc(O)cc21.CCOC(=O)C(C)N1C(=O)COc2ccc(OC(C)=O)cc21. The third-order valence-corrected chi connectivity index (χ3v) is 5.92. The first-order valence-corrected chi connectivity index (χ1v) is 12.9. The second kappa shape index (κ2) is 13.5. The zero-order valence-electron chi connectivity index (χ0n) is 23.4. The van der Waals surface area contributed by atoms with Crippen molar-refractivity contribution in [3.63, 3.8) is 0 Å². The molecule has 2 atom stereocenters. The van der Waals surface area contributed by atoms with Crippen molar-refractivity contribution >= 4 is 41.1 Å². The molecule has 0 radical (unpaired) electrons. The highest BCUT2D eigenvalue weighted by Gasteiger charge is 2.35. The lowest BCUT2D eigenvalue weighted by atomic mass is 10.1. The molecular formula is C28H32N2O11. The molecule has 0 saturated carbocycles.